The lowest BCUT2D eigenvalue weighted by Gasteiger charge is -2.02. The van der Waals surface area contributed by atoms with E-state index < -0.39 is 0 Å². The standard InChI is InChI=1S/C18H18N2S/c1-12-7-13(2)9-15(8-12)17-11-21-18(20-17)10-14-3-5-16(19)6-4-14/h3-9,11H,10,19H2,1-2H3. The van der Waals surface area contributed by atoms with Crippen LogP contribution in [0, 0.1) is 13.8 Å². The van der Waals surface area contributed by atoms with Crippen molar-refractivity contribution in [1.82, 2.24) is 4.98 Å². The minimum absolute atomic E-state index is 0.800. The van der Waals surface area contributed by atoms with Gasteiger partial charge in [-0.25, -0.2) is 4.98 Å². The fraction of sp³-hybridized carbons (Fsp3) is 0.167. The number of rotatable bonds is 3. The van der Waals surface area contributed by atoms with Crippen LogP contribution in [0.4, 0.5) is 5.69 Å². The van der Waals surface area contributed by atoms with E-state index in [0.29, 0.717) is 0 Å². The van der Waals surface area contributed by atoms with Gasteiger partial charge < -0.3 is 5.73 Å². The van der Waals surface area contributed by atoms with E-state index in [1.165, 1.54) is 22.3 Å². The predicted octanol–water partition coefficient (Wildman–Crippen LogP) is 4.60. The molecule has 1 heterocycles. The maximum Gasteiger partial charge on any atom is 0.0976 e. The molecule has 0 saturated carbocycles. The summed E-state index contributed by atoms with van der Waals surface area (Å²) in [7, 11) is 0. The Kier molecular flexibility index (Phi) is 3.76. The molecule has 0 unspecified atom stereocenters. The molecule has 0 amide bonds. The highest BCUT2D eigenvalue weighted by molar-refractivity contribution is 7.10. The minimum Gasteiger partial charge on any atom is -0.399 e. The van der Waals surface area contributed by atoms with E-state index in [2.05, 4.69) is 49.6 Å². The summed E-state index contributed by atoms with van der Waals surface area (Å²) < 4.78 is 0. The highest BCUT2D eigenvalue weighted by Crippen LogP contribution is 2.25. The van der Waals surface area contributed by atoms with E-state index in [9.17, 15) is 0 Å². The first-order chi connectivity index (χ1) is 10.1. The van der Waals surface area contributed by atoms with Crippen molar-refractivity contribution in [2.45, 2.75) is 20.3 Å². The molecule has 0 bridgehead atoms. The Bertz CT molecular complexity index is 737. The number of nitrogen functional groups attached to an aromatic ring is 1. The summed E-state index contributed by atoms with van der Waals surface area (Å²) in [6.45, 7) is 4.25. The van der Waals surface area contributed by atoms with Gasteiger partial charge in [0.25, 0.3) is 0 Å². The molecular formula is C18H18N2S. The lowest BCUT2D eigenvalue weighted by molar-refractivity contribution is 1.14. The highest BCUT2D eigenvalue weighted by Gasteiger charge is 2.06. The predicted molar refractivity (Wildman–Crippen MR) is 90.7 cm³/mol. The molecule has 0 atom stereocenters. The first kappa shape index (κ1) is 13.8. The van der Waals surface area contributed by atoms with Gasteiger partial charge in [-0.05, 0) is 43.7 Å². The zero-order valence-electron chi connectivity index (χ0n) is 12.3. The van der Waals surface area contributed by atoms with Crippen molar-refractivity contribution in [3.8, 4) is 11.3 Å². The Hall–Kier alpha value is -2.13. The molecule has 0 fully saturated rings. The summed E-state index contributed by atoms with van der Waals surface area (Å²) >= 11 is 1.71. The summed E-state index contributed by atoms with van der Waals surface area (Å²) in [6.07, 6.45) is 0.857. The molecule has 21 heavy (non-hydrogen) atoms. The van der Waals surface area contributed by atoms with Crippen molar-refractivity contribution in [2.24, 2.45) is 0 Å². The van der Waals surface area contributed by atoms with Crippen molar-refractivity contribution in [1.29, 1.82) is 0 Å². The molecule has 0 aliphatic carbocycles. The zero-order valence-corrected chi connectivity index (χ0v) is 13.1. The lowest BCUT2D eigenvalue weighted by atomic mass is 10.1. The van der Waals surface area contributed by atoms with E-state index in [-0.39, 0.29) is 0 Å². The van der Waals surface area contributed by atoms with Crippen LogP contribution in [-0.2, 0) is 6.42 Å². The number of benzene rings is 2. The average Bonchev–Trinajstić information content (AvgIpc) is 2.89. The number of thiazole rings is 1. The van der Waals surface area contributed by atoms with Gasteiger partial charge in [0.05, 0.1) is 10.7 Å². The summed E-state index contributed by atoms with van der Waals surface area (Å²) in [6, 6.07) is 14.6. The van der Waals surface area contributed by atoms with Gasteiger partial charge in [-0.15, -0.1) is 11.3 Å². The smallest absolute Gasteiger partial charge is 0.0976 e. The molecular weight excluding hydrogens is 276 g/mol. The van der Waals surface area contributed by atoms with Crippen LogP contribution >= 0.6 is 11.3 Å². The number of nitrogens with two attached hydrogens (primary N) is 1. The largest absolute Gasteiger partial charge is 0.399 e. The molecule has 0 aliphatic rings. The molecule has 106 valence electrons. The van der Waals surface area contributed by atoms with E-state index in [4.69, 9.17) is 10.7 Å². The molecule has 3 rings (SSSR count). The molecule has 2 aromatic carbocycles. The normalized spacial score (nSPS) is 10.8. The fourth-order valence-electron chi connectivity index (χ4n) is 2.46. The lowest BCUT2D eigenvalue weighted by Crippen LogP contribution is -1.90. The second-order valence-corrected chi connectivity index (χ2v) is 6.36. The Morgan fingerprint density at radius 1 is 1.00 bits per heavy atom. The van der Waals surface area contributed by atoms with E-state index >= 15 is 0 Å². The summed E-state index contributed by atoms with van der Waals surface area (Å²) in [5.41, 5.74) is 12.6. The maximum absolute atomic E-state index is 5.72. The molecule has 0 radical (unpaired) electrons. The Morgan fingerprint density at radius 2 is 1.67 bits per heavy atom. The SMILES string of the molecule is Cc1cc(C)cc(-c2csc(Cc3ccc(N)cc3)n2)c1. The molecule has 3 aromatic rings. The van der Waals surface area contributed by atoms with Crippen LogP contribution < -0.4 is 5.73 Å². The number of aryl methyl sites for hydroxylation is 2. The van der Waals surface area contributed by atoms with Gasteiger partial charge >= 0.3 is 0 Å². The quantitative estimate of drug-likeness (QED) is 0.717. The van der Waals surface area contributed by atoms with Crippen molar-refractivity contribution < 1.29 is 0 Å². The third-order valence-corrected chi connectivity index (χ3v) is 4.25. The zero-order chi connectivity index (χ0) is 14.8. The van der Waals surface area contributed by atoms with Crippen molar-refractivity contribution in [2.75, 3.05) is 5.73 Å². The molecule has 0 spiro atoms. The van der Waals surface area contributed by atoms with Crippen LogP contribution in [0.25, 0.3) is 11.3 Å². The van der Waals surface area contributed by atoms with Gasteiger partial charge in [0.15, 0.2) is 0 Å². The minimum atomic E-state index is 0.800. The topological polar surface area (TPSA) is 38.9 Å². The summed E-state index contributed by atoms with van der Waals surface area (Å²) in [4.78, 5) is 4.77. The molecule has 0 saturated heterocycles. The second-order valence-electron chi connectivity index (χ2n) is 5.42. The van der Waals surface area contributed by atoms with Crippen LogP contribution in [-0.4, -0.2) is 4.98 Å². The maximum atomic E-state index is 5.72. The number of nitrogens with zero attached hydrogens (tertiary/aromatic N) is 1. The first-order valence-corrected chi connectivity index (χ1v) is 7.85. The summed E-state index contributed by atoms with van der Waals surface area (Å²) in [5.74, 6) is 0. The van der Waals surface area contributed by atoms with E-state index in [1.807, 2.05) is 12.1 Å². The summed E-state index contributed by atoms with van der Waals surface area (Å²) in [5, 5.41) is 3.27. The fourth-order valence-corrected chi connectivity index (χ4v) is 3.29. The number of hydrogen-bond donors (Lipinski definition) is 1. The second kappa shape index (κ2) is 5.70. The third-order valence-electron chi connectivity index (χ3n) is 3.40. The van der Waals surface area contributed by atoms with E-state index in [0.717, 1.165) is 22.8 Å². The molecule has 1 aromatic heterocycles. The third kappa shape index (κ3) is 3.31. The molecule has 2 nitrogen and oxygen atoms in total. The van der Waals surface area contributed by atoms with Gasteiger partial charge in [-0.1, -0.05) is 29.3 Å². The molecule has 3 heteroatoms. The van der Waals surface area contributed by atoms with Crippen molar-refractivity contribution in [3.63, 3.8) is 0 Å². The molecule has 2 N–H and O–H groups in total. The van der Waals surface area contributed by atoms with Gasteiger partial charge in [0.1, 0.15) is 0 Å². The van der Waals surface area contributed by atoms with Crippen LogP contribution in [0.15, 0.2) is 47.8 Å². The first-order valence-electron chi connectivity index (χ1n) is 6.97. The van der Waals surface area contributed by atoms with E-state index in [1.54, 1.807) is 11.3 Å². The Morgan fingerprint density at radius 3 is 2.33 bits per heavy atom. The van der Waals surface area contributed by atoms with Crippen LogP contribution in [0.5, 0.6) is 0 Å². The Labute approximate surface area is 129 Å². The van der Waals surface area contributed by atoms with Crippen LogP contribution in [0.3, 0.4) is 0 Å². The average molecular weight is 294 g/mol. The number of anilines is 1. The molecule has 0 aliphatic heterocycles. The van der Waals surface area contributed by atoms with Gasteiger partial charge in [-0.2, -0.15) is 0 Å². The van der Waals surface area contributed by atoms with Gasteiger partial charge in [0, 0.05) is 23.1 Å². The van der Waals surface area contributed by atoms with Crippen LogP contribution in [0.2, 0.25) is 0 Å². The van der Waals surface area contributed by atoms with Crippen molar-refractivity contribution in [3.05, 3.63) is 69.5 Å². The number of hydrogen-bond acceptors (Lipinski definition) is 3. The number of aromatic nitrogens is 1. The Balaban J connectivity index is 1.84. The van der Waals surface area contributed by atoms with Crippen molar-refractivity contribution >= 4 is 17.0 Å². The van der Waals surface area contributed by atoms with Gasteiger partial charge in [0.2, 0.25) is 0 Å². The van der Waals surface area contributed by atoms with Gasteiger partial charge in [-0.3, -0.25) is 0 Å². The highest BCUT2D eigenvalue weighted by atomic mass is 32.1. The monoisotopic (exact) mass is 294 g/mol. The van der Waals surface area contributed by atoms with Crippen LogP contribution in [0.1, 0.15) is 21.7 Å².